The highest BCUT2D eigenvalue weighted by Crippen LogP contribution is 2.42. The summed E-state index contributed by atoms with van der Waals surface area (Å²) < 4.78 is 34.3. The minimum absolute atomic E-state index is 0.0696. The molecular weight excluding hydrogens is 442 g/mol. The summed E-state index contributed by atoms with van der Waals surface area (Å²) in [5.41, 5.74) is -0.888. The Kier molecular flexibility index (Phi) is 7.36. The second-order valence-corrected chi connectivity index (χ2v) is 11.9. The number of ether oxygens (including phenoxy) is 1. The van der Waals surface area contributed by atoms with Crippen LogP contribution in [0.4, 0.5) is 5.69 Å². The van der Waals surface area contributed by atoms with E-state index in [1.54, 1.807) is 16.4 Å². The van der Waals surface area contributed by atoms with Gasteiger partial charge in [0.15, 0.2) is 0 Å². The number of benzene rings is 1. The van der Waals surface area contributed by atoms with Crippen molar-refractivity contribution in [1.82, 2.24) is 9.62 Å². The summed E-state index contributed by atoms with van der Waals surface area (Å²) in [5, 5.41) is 5.80. The fourth-order valence-corrected chi connectivity index (χ4v) is 7.44. The molecule has 1 aromatic carbocycles. The number of sulfonamides is 1. The lowest BCUT2D eigenvalue weighted by Gasteiger charge is -2.53. The predicted octanol–water partition coefficient (Wildman–Crippen LogP) is 3.06. The molecule has 0 atom stereocenters. The molecule has 0 saturated carbocycles. The van der Waals surface area contributed by atoms with E-state index in [9.17, 15) is 18.0 Å². The number of piperidine rings is 1. The van der Waals surface area contributed by atoms with Crippen LogP contribution in [0.2, 0.25) is 0 Å². The van der Waals surface area contributed by atoms with Crippen molar-refractivity contribution in [3.05, 3.63) is 36.9 Å². The zero-order valence-corrected chi connectivity index (χ0v) is 20.7. The normalized spacial score (nSPS) is 21.8. The van der Waals surface area contributed by atoms with Gasteiger partial charge in [-0.1, -0.05) is 6.58 Å². The van der Waals surface area contributed by atoms with Gasteiger partial charge >= 0.3 is 0 Å². The Balaban J connectivity index is 1.78. The van der Waals surface area contributed by atoms with Crippen LogP contribution >= 0.6 is 0 Å². The minimum Gasteiger partial charge on any atom is -0.381 e. The first-order valence-electron chi connectivity index (χ1n) is 11.3. The number of anilines is 1. The van der Waals surface area contributed by atoms with Crippen molar-refractivity contribution >= 4 is 27.5 Å². The maximum atomic E-state index is 13.7. The Bertz CT molecular complexity index is 977. The number of carbonyl (C=O) groups excluding carboxylic acids is 2. The highest BCUT2D eigenvalue weighted by Gasteiger charge is 2.51. The summed E-state index contributed by atoms with van der Waals surface area (Å²) in [6.07, 6.45) is 3.56. The topological polar surface area (TPSA) is 105 Å². The molecular formula is C24H35N3O5S. The highest BCUT2D eigenvalue weighted by molar-refractivity contribution is 7.89. The van der Waals surface area contributed by atoms with Crippen LogP contribution in [0.5, 0.6) is 0 Å². The second-order valence-electron chi connectivity index (χ2n) is 10.1. The molecule has 2 aliphatic heterocycles. The van der Waals surface area contributed by atoms with Crippen LogP contribution in [0.25, 0.3) is 0 Å². The van der Waals surface area contributed by atoms with Crippen LogP contribution in [-0.4, -0.2) is 54.9 Å². The Morgan fingerprint density at radius 2 is 1.61 bits per heavy atom. The molecule has 0 spiro atoms. The van der Waals surface area contributed by atoms with Crippen LogP contribution in [0.3, 0.4) is 0 Å². The van der Waals surface area contributed by atoms with Crippen LogP contribution in [-0.2, 0) is 24.3 Å². The van der Waals surface area contributed by atoms with E-state index in [1.165, 1.54) is 18.2 Å². The molecule has 8 nitrogen and oxygen atoms in total. The fraction of sp³-hybridized carbons (Fsp3) is 0.583. The molecule has 0 aliphatic carbocycles. The van der Waals surface area contributed by atoms with Crippen molar-refractivity contribution in [2.24, 2.45) is 5.92 Å². The lowest BCUT2D eigenvalue weighted by molar-refractivity contribution is -0.122. The lowest BCUT2D eigenvalue weighted by Crippen LogP contribution is -2.65. The van der Waals surface area contributed by atoms with Crippen molar-refractivity contribution < 1.29 is 22.7 Å². The first-order valence-corrected chi connectivity index (χ1v) is 12.8. The number of hydrogen-bond acceptors (Lipinski definition) is 5. The van der Waals surface area contributed by atoms with E-state index in [0.29, 0.717) is 44.6 Å². The van der Waals surface area contributed by atoms with E-state index in [4.69, 9.17) is 4.74 Å². The van der Waals surface area contributed by atoms with Crippen molar-refractivity contribution in [1.29, 1.82) is 0 Å². The summed E-state index contributed by atoms with van der Waals surface area (Å²) in [6, 6.07) is 6.16. The van der Waals surface area contributed by atoms with Gasteiger partial charge in [-0.15, -0.1) is 0 Å². The number of amides is 2. The Hall–Kier alpha value is -2.23. The van der Waals surface area contributed by atoms with E-state index >= 15 is 0 Å². The molecule has 2 heterocycles. The molecule has 1 aromatic rings. The molecule has 182 valence electrons. The van der Waals surface area contributed by atoms with Crippen molar-refractivity contribution in [2.45, 2.75) is 75.4 Å². The predicted molar refractivity (Wildman–Crippen MR) is 127 cm³/mol. The summed E-state index contributed by atoms with van der Waals surface area (Å²) in [6.45, 7) is 12.2. The van der Waals surface area contributed by atoms with Crippen molar-refractivity contribution in [3.63, 3.8) is 0 Å². The quantitative estimate of drug-likeness (QED) is 0.613. The van der Waals surface area contributed by atoms with Gasteiger partial charge in [0.2, 0.25) is 21.8 Å². The Morgan fingerprint density at radius 3 is 2.12 bits per heavy atom. The molecule has 2 amide bonds. The Morgan fingerprint density at radius 1 is 1.06 bits per heavy atom. The summed E-state index contributed by atoms with van der Waals surface area (Å²) >= 11 is 0. The third kappa shape index (κ3) is 5.65. The second kappa shape index (κ2) is 9.56. The van der Waals surface area contributed by atoms with E-state index in [-0.39, 0.29) is 28.7 Å². The number of hydrogen-bond donors (Lipinski definition) is 2. The van der Waals surface area contributed by atoms with Crippen molar-refractivity contribution in [2.75, 3.05) is 18.5 Å². The molecule has 0 aromatic heterocycles. The zero-order chi connectivity index (χ0) is 24.4. The van der Waals surface area contributed by atoms with Gasteiger partial charge in [0.25, 0.3) is 0 Å². The molecule has 3 rings (SSSR count). The molecule has 0 bridgehead atoms. The summed E-state index contributed by atoms with van der Waals surface area (Å²) in [7, 11) is -3.83. The first kappa shape index (κ1) is 25.4. The lowest BCUT2D eigenvalue weighted by atomic mass is 9.79. The maximum absolute atomic E-state index is 13.7. The van der Waals surface area contributed by atoms with Crippen LogP contribution in [0.1, 0.15) is 53.4 Å². The number of carbonyl (C=O) groups is 2. The zero-order valence-electron chi connectivity index (χ0n) is 19.9. The van der Waals surface area contributed by atoms with Gasteiger partial charge in [-0.25, -0.2) is 8.42 Å². The van der Waals surface area contributed by atoms with Crippen molar-refractivity contribution in [3.8, 4) is 0 Å². The van der Waals surface area contributed by atoms with Gasteiger partial charge in [0.1, 0.15) is 0 Å². The van der Waals surface area contributed by atoms with Gasteiger partial charge in [0, 0.05) is 41.9 Å². The van der Waals surface area contributed by atoms with E-state index in [1.807, 2.05) is 27.7 Å². The summed E-state index contributed by atoms with van der Waals surface area (Å²) in [5.74, 6) is -0.423. The molecule has 2 aliphatic rings. The van der Waals surface area contributed by atoms with E-state index in [2.05, 4.69) is 17.2 Å². The SMILES string of the molecule is C=CC(=O)NC1CC(C)(C)N(S(=O)(=O)c2ccc(NC(=O)C3CCOCC3)cc2)C(C)(C)C1. The number of rotatable bonds is 6. The highest BCUT2D eigenvalue weighted by atomic mass is 32.2. The number of nitrogens with zero attached hydrogens (tertiary/aromatic N) is 1. The standard InChI is InChI=1S/C24H35N3O5S/c1-6-21(28)25-19-15-23(2,3)27(24(4,5)16-19)33(30,31)20-9-7-18(8-10-20)26-22(29)17-11-13-32-14-12-17/h6-10,17,19H,1,11-16H2,2-5H3,(H,25,28)(H,26,29). The van der Waals surface area contributed by atoms with Crippen LogP contribution in [0, 0.1) is 5.92 Å². The maximum Gasteiger partial charge on any atom is 0.244 e. The van der Waals surface area contributed by atoms with Crippen LogP contribution in [0.15, 0.2) is 41.8 Å². The Labute approximate surface area is 196 Å². The van der Waals surface area contributed by atoms with Gasteiger partial charge in [-0.05, 0) is 83.7 Å². The van der Waals surface area contributed by atoms with Gasteiger partial charge in [-0.2, -0.15) is 4.31 Å². The van der Waals surface area contributed by atoms with Gasteiger partial charge in [0.05, 0.1) is 4.90 Å². The van der Waals surface area contributed by atoms with Gasteiger partial charge < -0.3 is 15.4 Å². The fourth-order valence-electron chi connectivity index (χ4n) is 5.30. The first-order chi connectivity index (χ1) is 15.4. The average molecular weight is 478 g/mol. The molecule has 33 heavy (non-hydrogen) atoms. The summed E-state index contributed by atoms with van der Waals surface area (Å²) in [4.78, 5) is 24.4. The number of nitrogens with one attached hydrogen (secondary N) is 2. The average Bonchev–Trinajstić information content (AvgIpc) is 2.72. The third-order valence-electron chi connectivity index (χ3n) is 6.38. The molecule has 0 radical (unpaired) electrons. The minimum atomic E-state index is -3.83. The van der Waals surface area contributed by atoms with Crippen LogP contribution < -0.4 is 10.6 Å². The van der Waals surface area contributed by atoms with Gasteiger partial charge in [-0.3, -0.25) is 9.59 Å². The molecule has 2 saturated heterocycles. The monoisotopic (exact) mass is 477 g/mol. The molecule has 0 unspecified atom stereocenters. The smallest absolute Gasteiger partial charge is 0.244 e. The third-order valence-corrected chi connectivity index (χ3v) is 8.71. The molecule has 2 fully saturated rings. The van der Waals surface area contributed by atoms with E-state index < -0.39 is 21.1 Å². The molecule has 9 heteroatoms. The largest absolute Gasteiger partial charge is 0.381 e. The van der Waals surface area contributed by atoms with E-state index in [0.717, 1.165) is 0 Å². The molecule has 2 N–H and O–H groups in total.